The molecule has 1 aromatic carbocycles. The van der Waals surface area contributed by atoms with Crippen LogP contribution in [-0.2, 0) is 10.3 Å². The molecule has 5 heteroatoms. The molecule has 0 aliphatic rings. The number of nitriles is 1. The summed E-state index contributed by atoms with van der Waals surface area (Å²) in [5.74, 6) is -0.590. The molecule has 1 aromatic rings. The molecule has 1 atom stereocenters. The maximum Gasteiger partial charge on any atom is 0.236 e. The van der Waals surface area contributed by atoms with E-state index in [-0.39, 0.29) is 5.56 Å². The van der Waals surface area contributed by atoms with Crippen molar-refractivity contribution < 1.29 is 9.18 Å². The number of hydrogen-bond donors (Lipinski definition) is 0. The van der Waals surface area contributed by atoms with Crippen LogP contribution in [0.3, 0.4) is 0 Å². The lowest BCUT2D eigenvalue weighted by Crippen LogP contribution is -2.18. The van der Waals surface area contributed by atoms with Crippen molar-refractivity contribution in [2.45, 2.75) is 12.5 Å². The summed E-state index contributed by atoms with van der Waals surface area (Å²) >= 11 is 3.09. The van der Waals surface area contributed by atoms with Crippen LogP contribution < -0.4 is 0 Å². The van der Waals surface area contributed by atoms with Gasteiger partial charge in [0.25, 0.3) is 0 Å². The molecule has 0 saturated heterocycles. The number of aliphatic imine (C=N–C) groups is 1. The Hall–Kier alpha value is -1.50. The molecule has 0 amide bonds. The van der Waals surface area contributed by atoms with Crippen molar-refractivity contribution >= 4 is 22.0 Å². The first kappa shape index (κ1) is 11.6. The van der Waals surface area contributed by atoms with E-state index >= 15 is 0 Å². The van der Waals surface area contributed by atoms with Crippen molar-refractivity contribution in [1.29, 1.82) is 5.26 Å². The molecule has 0 aromatic heterocycles. The quantitative estimate of drug-likeness (QED) is 0.612. The molecule has 0 radical (unpaired) electrons. The van der Waals surface area contributed by atoms with Gasteiger partial charge in [-0.25, -0.2) is 9.18 Å². The minimum atomic E-state index is -1.52. The fraction of sp³-hybridized carbons (Fsp3) is 0.200. The molecular weight excluding hydrogens is 263 g/mol. The summed E-state index contributed by atoms with van der Waals surface area (Å²) in [6.07, 6.45) is 1.27. The van der Waals surface area contributed by atoms with Crippen LogP contribution in [0.5, 0.6) is 0 Å². The standard InChI is InChI=1S/C10H6BrFN2O/c1-10(5-13,14-6-15)8-3-2-7(11)4-9(8)12/h2-4H,1H3. The highest BCUT2D eigenvalue weighted by atomic mass is 79.9. The Labute approximate surface area is 94.4 Å². The minimum absolute atomic E-state index is 0.0524. The second-order valence-electron chi connectivity index (χ2n) is 3.01. The number of nitrogens with zero attached hydrogens (tertiary/aromatic N) is 2. The highest BCUT2D eigenvalue weighted by molar-refractivity contribution is 9.10. The molecule has 0 fully saturated rings. The van der Waals surface area contributed by atoms with Crippen LogP contribution in [0.25, 0.3) is 0 Å². The molecule has 0 N–H and O–H groups in total. The van der Waals surface area contributed by atoms with Gasteiger partial charge >= 0.3 is 0 Å². The Kier molecular flexibility index (Phi) is 3.35. The number of benzene rings is 1. The van der Waals surface area contributed by atoms with Gasteiger partial charge in [-0.05, 0) is 19.1 Å². The third kappa shape index (κ3) is 2.30. The molecule has 0 aliphatic heterocycles. The molecule has 1 unspecified atom stereocenters. The SMILES string of the molecule is CC(C#N)(N=C=O)c1ccc(Br)cc1F. The van der Waals surface area contributed by atoms with Crippen molar-refractivity contribution in [2.75, 3.05) is 0 Å². The summed E-state index contributed by atoms with van der Waals surface area (Å²) in [5.41, 5.74) is -1.47. The van der Waals surface area contributed by atoms with E-state index in [1.807, 2.05) is 0 Å². The summed E-state index contributed by atoms with van der Waals surface area (Å²) < 4.78 is 14.0. The van der Waals surface area contributed by atoms with Crippen LogP contribution in [0.2, 0.25) is 0 Å². The maximum absolute atomic E-state index is 13.5. The van der Waals surface area contributed by atoms with Gasteiger partial charge in [-0.3, -0.25) is 0 Å². The van der Waals surface area contributed by atoms with Gasteiger partial charge in [0, 0.05) is 10.0 Å². The Bertz CT molecular complexity index is 477. The Balaban J connectivity index is 3.38. The van der Waals surface area contributed by atoms with Gasteiger partial charge in [-0.15, -0.1) is 0 Å². The number of carbonyl (C=O) groups excluding carboxylic acids is 1. The minimum Gasteiger partial charge on any atom is -0.211 e. The third-order valence-corrected chi connectivity index (χ3v) is 2.44. The van der Waals surface area contributed by atoms with E-state index in [9.17, 15) is 9.18 Å². The lowest BCUT2D eigenvalue weighted by atomic mass is 9.94. The number of isocyanates is 1. The third-order valence-electron chi connectivity index (χ3n) is 1.94. The van der Waals surface area contributed by atoms with E-state index in [1.54, 1.807) is 12.1 Å². The molecule has 1 rings (SSSR count). The first-order chi connectivity index (χ1) is 7.03. The molecule has 76 valence electrons. The largest absolute Gasteiger partial charge is 0.236 e. The highest BCUT2D eigenvalue weighted by Gasteiger charge is 2.29. The van der Waals surface area contributed by atoms with E-state index in [4.69, 9.17) is 5.26 Å². The molecule has 15 heavy (non-hydrogen) atoms. The maximum atomic E-state index is 13.5. The van der Waals surface area contributed by atoms with E-state index in [2.05, 4.69) is 20.9 Å². The average Bonchev–Trinajstić information content (AvgIpc) is 2.17. The van der Waals surface area contributed by atoms with Crippen LogP contribution in [0.1, 0.15) is 12.5 Å². The van der Waals surface area contributed by atoms with E-state index in [0.29, 0.717) is 4.47 Å². The smallest absolute Gasteiger partial charge is 0.211 e. The van der Waals surface area contributed by atoms with Crippen LogP contribution in [0.4, 0.5) is 4.39 Å². The van der Waals surface area contributed by atoms with Crippen LogP contribution in [-0.4, -0.2) is 6.08 Å². The van der Waals surface area contributed by atoms with Gasteiger partial charge in [0.2, 0.25) is 6.08 Å². The van der Waals surface area contributed by atoms with Gasteiger partial charge in [0.05, 0.1) is 6.07 Å². The van der Waals surface area contributed by atoms with Crippen LogP contribution >= 0.6 is 15.9 Å². The zero-order valence-electron chi connectivity index (χ0n) is 7.79. The second-order valence-corrected chi connectivity index (χ2v) is 3.93. The van der Waals surface area contributed by atoms with E-state index < -0.39 is 11.4 Å². The van der Waals surface area contributed by atoms with E-state index in [0.717, 1.165) is 0 Å². The molecule has 0 saturated carbocycles. The summed E-state index contributed by atoms with van der Waals surface area (Å²) in [6, 6.07) is 5.97. The average molecular weight is 269 g/mol. The van der Waals surface area contributed by atoms with Gasteiger partial charge in [-0.1, -0.05) is 22.0 Å². The topological polar surface area (TPSA) is 53.2 Å². The lowest BCUT2D eigenvalue weighted by Gasteiger charge is -2.15. The number of rotatable bonds is 2. The first-order valence-corrected chi connectivity index (χ1v) is 4.78. The molecular formula is C10H6BrFN2O. The summed E-state index contributed by atoms with van der Waals surface area (Å²) in [5, 5.41) is 8.86. The van der Waals surface area contributed by atoms with Gasteiger partial charge < -0.3 is 0 Å². The fourth-order valence-corrected chi connectivity index (χ4v) is 1.45. The van der Waals surface area contributed by atoms with Crippen LogP contribution in [0, 0.1) is 17.1 Å². The van der Waals surface area contributed by atoms with Crippen molar-refractivity contribution in [3.05, 3.63) is 34.1 Å². The monoisotopic (exact) mass is 268 g/mol. The summed E-state index contributed by atoms with van der Waals surface area (Å²) in [4.78, 5) is 13.5. The van der Waals surface area contributed by atoms with E-state index in [1.165, 1.54) is 25.1 Å². The van der Waals surface area contributed by atoms with Crippen molar-refractivity contribution in [3.63, 3.8) is 0 Å². The predicted molar refractivity (Wildman–Crippen MR) is 55.2 cm³/mol. The number of hydrogen-bond acceptors (Lipinski definition) is 3. The molecule has 0 spiro atoms. The Morgan fingerprint density at radius 1 is 1.60 bits per heavy atom. The normalized spacial score (nSPS) is 13.5. The molecule has 3 nitrogen and oxygen atoms in total. The molecule has 0 aliphatic carbocycles. The van der Waals surface area contributed by atoms with Crippen LogP contribution in [0.15, 0.2) is 27.7 Å². The zero-order chi connectivity index (χ0) is 11.5. The lowest BCUT2D eigenvalue weighted by molar-refractivity contribution is 0.530. The molecule has 0 bridgehead atoms. The van der Waals surface area contributed by atoms with Gasteiger partial charge in [0.1, 0.15) is 5.82 Å². The second kappa shape index (κ2) is 4.35. The van der Waals surface area contributed by atoms with Gasteiger partial charge in [0.15, 0.2) is 5.54 Å². The van der Waals surface area contributed by atoms with Crippen molar-refractivity contribution in [3.8, 4) is 6.07 Å². The Morgan fingerprint density at radius 2 is 2.27 bits per heavy atom. The van der Waals surface area contributed by atoms with Crippen molar-refractivity contribution in [2.24, 2.45) is 4.99 Å². The molecule has 0 heterocycles. The zero-order valence-corrected chi connectivity index (χ0v) is 9.38. The number of halogens is 2. The summed E-state index contributed by atoms with van der Waals surface area (Å²) in [6.45, 7) is 1.35. The first-order valence-electron chi connectivity index (χ1n) is 3.99. The highest BCUT2D eigenvalue weighted by Crippen LogP contribution is 2.28. The predicted octanol–water partition coefficient (Wildman–Crippen LogP) is 2.66. The summed E-state index contributed by atoms with van der Waals surface area (Å²) in [7, 11) is 0. The fourth-order valence-electron chi connectivity index (χ4n) is 1.12. The van der Waals surface area contributed by atoms with Gasteiger partial charge in [-0.2, -0.15) is 10.3 Å². The van der Waals surface area contributed by atoms with Crippen molar-refractivity contribution in [1.82, 2.24) is 0 Å². The Morgan fingerprint density at radius 3 is 2.73 bits per heavy atom.